The topological polar surface area (TPSA) is 68.7 Å². The van der Waals surface area contributed by atoms with Crippen molar-refractivity contribution in [3.05, 3.63) is 76.5 Å². The largest absolute Gasteiger partial charge is 0.489 e. The lowest BCUT2D eigenvalue weighted by Crippen LogP contribution is -2.21. The molecule has 1 aromatic heterocycles. The molecule has 2 fully saturated rings. The van der Waals surface area contributed by atoms with Crippen LogP contribution < -0.4 is 9.47 Å². The van der Waals surface area contributed by atoms with Crippen LogP contribution in [0.3, 0.4) is 0 Å². The molecule has 3 aliphatic carbocycles. The van der Waals surface area contributed by atoms with E-state index in [-0.39, 0.29) is 40.7 Å². The van der Waals surface area contributed by atoms with Gasteiger partial charge in [0.2, 0.25) is 5.88 Å². The van der Waals surface area contributed by atoms with E-state index in [2.05, 4.69) is 18.8 Å². The zero-order valence-corrected chi connectivity index (χ0v) is 23.2. The number of nitrogens with zero attached hydrogens (tertiary/aromatic N) is 1. The second-order valence-electron chi connectivity index (χ2n) is 12.4. The lowest BCUT2D eigenvalue weighted by molar-refractivity contribution is -0.139. The lowest BCUT2D eigenvalue weighted by Gasteiger charge is -2.30. The van der Waals surface area contributed by atoms with Gasteiger partial charge in [0.25, 0.3) is 0 Å². The van der Waals surface area contributed by atoms with Crippen molar-refractivity contribution >= 4 is 5.97 Å². The Morgan fingerprint density at radius 1 is 1.07 bits per heavy atom. The Kier molecular flexibility index (Phi) is 6.59. The van der Waals surface area contributed by atoms with Gasteiger partial charge < -0.3 is 14.6 Å². The molecule has 1 heterocycles. The highest BCUT2D eigenvalue weighted by Crippen LogP contribution is 2.61. The summed E-state index contributed by atoms with van der Waals surface area (Å²) in [5.74, 6) is -1.08. The number of aromatic nitrogens is 1. The van der Waals surface area contributed by atoms with Gasteiger partial charge in [0.1, 0.15) is 24.0 Å². The molecule has 3 aromatic rings. The zero-order chi connectivity index (χ0) is 28.2. The molecule has 1 spiro atoms. The van der Waals surface area contributed by atoms with Gasteiger partial charge in [-0.25, -0.2) is 13.8 Å². The monoisotopic (exact) mass is 547 g/mol. The van der Waals surface area contributed by atoms with E-state index >= 15 is 8.78 Å². The van der Waals surface area contributed by atoms with Gasteiger partial charge in [-0.15, -0.1) is 0 Å². The zero-order valence-electron chi connectivity index (χ0n) is 23.2. The highest BCUT2D eigenvalue weighted by atomic mass is 19.1. The SMILES string of the molecule is COc1cc(-c2cc(F)c(COc3ccc4c(c3)[C@]3(CCC4)C[C@H]3C(=O)O)cc2[C@H]2CCCC2(C)C)c(F)cn1. The highest BCUT2D eigenvalue weighted by Gasteiger charge is 2.60. The fraction of sp³-hybridized carbons (Fsp3) is 0.455. The highest BCUT2D eigenvalue weighted by molar-refractivity contribution is 5.78. The van der Waals surface area contributed by atoms with Crippen molar-refractivity contribution < 1.29 is 28.2 Å². The molecule has 0 bridgehead atoms. The summed E-state index contributed by atoms with van der Waals surface area (Å²) in [4.78, 5) is 15.7. The minimum Gasteiger partial charge on any atom is -0.489 e. The number of ether oxygens (including phenoxy) is 2. The molecule has 2 aromatic carbocycles. The number of aryl methyl sites for hydroxylation is 1. The maximum atomic E-state index is 15.6. The Balaban J connectivity index is 1.34. The van der Waals surface area contributed by atoms with Crippen LogP contribution in [0.2, 0.25) is 0 Å². The molecule has 1 N–H and O–H groups in total. The van der Waals surface area contributed by atoms with Gasteiger partial charge >= 0.3 is 5.97 Å². The summed E-state index contributed by atoms with van der Waals surface area (Å²) in [7, 11) is 1.47. The standard InChI is InChI=1S/C33H35F2NO4/c1-32(2)10-5-7-25(32)23-12-20(28(34)14-22(23)24-15-30(39-3)36-17-29(24)35)18-40-21-9-8-19-6-4-11-33(26(19)13-21)16-27(33)31(37)38/h8-9,12-15,17,25,27H,4-7,10-11,16,18H2,1-3H3,(H,37,38)/t25-,27+,33+/m1/s1. The number of hydrogen-bond donors (Lipinski definition) is 1. The summed E-state index contributed by atoms with van der Waals surface area (Å²) in [5.41, 5.74) is 4.02. The average Bonchev–Trinajstić information content (AvgIpc) is 3.55. The Morgan fingerprint density at radius 3 is 2.60 bits per heavy atom. The van der Waals surface area contributed by atoms with Crippen molar-refractivity contribution in [3.63, 3.8) is 0 Å². The first-order valence-electron chi connectivity index (χ1n) is 14.1. The van der Waals surface area contributed by atoms with Crippen molar-refractivity contribution in [1.29, 1.82) is 0 Å². The van der Waals surface area contributed by atoms with Crippen molar-refractivity contribution in [2.75, 3.05) is 7.11 Å². The van der Waals surface area contributed by atoms with Gasteiger partial charge in [0.15, 0.2) is 0 Å². The first-order chi connectivity index (χ1) is 19.1. The molecule has 0 saturated heterocycles. The molecule has 40 heavy (non-hydrogen) atoms. The van der Waals surface area contributed by atoms with E-state index in [1.807, 2.05) is 24.3 Å². The van der Waals surface area contributed by atoms with Crippen LogP contribution in [-0.4, -0.2) is 23.2 Å². The van der Waals surface area contributed by atoms with Crippen molar-refractivity contribution in [2.45, 2.75) is 76.7 Å². The molecule has 6 rings (SSSR count). The maximum absolute atomic E-state index is 15.6. The summed E-state index contributed by atoms with van der Waals surface area (Å²) in [5, 5.41) is 9.65. The Morgan fingerprint density at radius 2 is 1.90 bits per heavy atom. The van der Waals surface area contributed by atoms with Crippen LogP contribution in [0.4, 0.5) is 8.78 Å². The van der Waals surface area contributed by atoms with E-state index in [0.717, 1.165) is 55.8 Å². The first-order valence-corrected chi connectivity index (χ1v) is 14.1. The predicted molar refractivity (Wildman–Crippen MR) is 148 cm³/mol. The third kappa shape index (κ3) is 4.53. The summed E-state index contributed by atoms with van der Waals surface area (Å²) in [6, 6.07) is 10.7. The van der Waals surface area contributed by atoms with E-state index < -0.39 is 17.6 Å². The first kappa shape index (κ1) is 26.7. The summed E-state index contributed by atoms with van der Waals surface area (Å²) >= 11 is 0. The molecule has 0 aliphatic heterocycles. The quantitative estimate of drug-likeness (QED) is 0.330. The van der Waals surface area contributed by atoms with Gasteiger partial charge in [-0.1, -0.05) is 26.3 Å². The molecule has 0 radical (unpaired) electrons. The molecule has 2 saturated carbocycles. The third-order valence-electron chi connectivity index (χ3n) is 9.64. The molecule has 7 heteroatoms. The Bertz CT molecular complexity index is 1490. The average molecular weight is 548 g/mol. The fourth-order valence-corrected chi connectivity index (χ4v) is 7.33. The lowest BCUT2D eigenvalue weighted by atomic mass is 9.75. The van der Waals surface area contributed by atoms with Gasteiger partial charge in [-0.3, -0.25) is 4.79 Å². The van der Waals surface area contributed by atoms with Crippen molar-refractivity contribution in [1.82, 2.24) is 4.98 Å². The minimum atomic E-state index is -0.744. The summed E-state index contributed by atoms with van der Waals surface area (Å²) < 4.78 is 42.1. The Hall–Kier alpha value is -3.48. The maximum Gasteiger partial charge on any atom is 0.307 e. The van der Waals surface area contributed by atoms with Crippen LogP contribution in [0.5, 0.6) is 11.6 Å². The number of aliphatic carboxylic acids is 1. The van der Waals surface area contributed by atoms with Crippen LogP contribution in [0, 0.1) is 23.0 Å². The summed E-state index contributed by atoms with van der Waals surface area (Å²) in [6.07, 6.45) is 7.58. The number of carboxylic acids is 1. The van der Waals surface area contributed by atoms with Crippen LogP contribution >= 0.6 is 0 Å². The smallest absolute Gasteiger partial charge is 0.307 e. The Labute approximate surface area is 233 Å². The van der Waals surface area contributed by atoms with Gasteiger partial charge in [0, 0.05) is 22.6 Å². The van der Waals surface area contributed by atoms with Crippen LogP contribution in [0.25, 0.3) is 11.1 Å². The second kappa shape index (κ2) is 9.86. The van der Waals surface area contributed by atoms with Crippen molar-refractivity contribution in [2.24, 2.45) is 11.3 Å². The number of benzene rings is 2. The van der Waals surface area contributed by atoms with Crippen LogP contribution in [-0.2, 0) is 23.2 Å². The number of pyridine rings is 1. The van der Waals surface area contributed by atoms with Gasteiger partial charge in [-0.05, 0) is 96.4 Å². The van der Waals surface area contributed by atoms with E-state index in [4.69, 9.17) is 9.47 Å². The number of methoxy groups -OCH3 is 1. The molecule has 0 unspecified atom stereocenters. The van der Waals surface area contributed by atoms with E-state index in [1.54, 1.807) is 0 Å². The molecular weight excluding hydrogens is 512 g/mol. The van der Waals surface area contributed by atoms with Gasteiger partial charge in [-0.2, -0.15) is 0 Å². The van der Waals surface area contributed by atoms with E-state index in [1.165, 1.54) is 24.8 Å². The minimum absolute atomic E-state index is 0.0164. The van der Waals surface area contributed by atoms with E-state index in [0.29, 0.717) is 23.3 Å². The number of halogens is 2. The van der Waals surface area contributed by atoms with Gasteiger partial charge in [0.05, 0.1) is 19.2 Å². The molecular formula is C33H35F2NO4. The second-order valence-corrected chi connectivity index (χ2v) is 12.4. The van der Waals surface area contributed by atoms with E-state index in [9.17, 15) is 9.90 Å². The number of hydrogen-bond acceptors (Lipinski definition) is 4. The summed E-state index contributed by atoms with van der Waals surface area (Å²) in [6.45, 7) is 4.44. The van der Waals surface area contributed by atoms with Crippen LogP contribution in [0.15, 0.2) is 42.6 Å². The molecule has 0 amide bonds. The number of carboxylic acid groups (broad SMARTS) is 1. The van der Waals surface area contributed by atoms with Crippen LogP contribution in [0.1, 0.15) is 80.5 Å². The third-order valence-corrected chi connectivity index (χ3v) is 9.64. The fourth-order valence-electron chi connectivity index (χ4n) is 7.33. The molecule has 5 nitrogen and oxygen atoms in total. The normalized spacial score (nSPS) is 24.5. The number of fused-ring (bicyclic) bond motifs is 2. The predicted octanol–water partition coefficient (Wildman–Crippen LogP) is 7.59. The number of carbonyl (C=O) groups is 1. The molecule has 3 atom stereocenters. The van der Waals surface area contributed by atoms with Crippen molar-refractivity contribution in [3.8, 4) is 22.8 Å². The molecule has 3 aliphatic rings. The number of rotatable bonds is 7. The molecule has 210 valence electrons.